The van der Waals surface area contributed by atoms with Gasteiger partial charge in [0, 0.05) is 11.7 Å². The van der Waals surface area contributed by atoms with Crippen molar-refractivity contribution >= 4 is 11.6 Å². The number of nitrogens with zero attached hydrogens (tertiary/aromatic N) is 1. The summed E-state index contributed by atoms with van der Waals surface area (Å²) in [5.41, 5.74) is 6.28. The third kappa shape index (κ3) is 6.99. The SMILES string of the molecule is CC(CCN(C)C)NC(=O)CCOc1ccc(N)cc1. The Hall–Kier alpha value is -1.75. The molecule has 3 N–H and O–H groups in total. The molecule has 20 heavy (non-hydrogen) atoms. The van der Waals surface area contributed by atoms with Crippen molar-refractivity contribution in [2.75, 3.05) is 33.0 Å². The predicted molar refractivity (Wildman–Crippen MR) is 81.7 cm³/mol. The van der Waals surface area contributed by atoms with Crippen molar-refractivity contribution in [3.05, 3.63) is 24.3 Å². The molecular weight excluding hydrogens is 254 g/mol. The third-order valence-corrected chi connectivity index (χ3v) is 2.89. The lowest BCUT2D eigenvalue weighted by Gasteiger charge is -2.16. The van der Waals surface area contributed by atoms with Gasteiger partial charge < -0.3 is 20.7 Å². The predicted octanol–water partition coefficient (Wildman–Crippen LogP) is 1.49. The summed E-state index contributed by atoms with van der Waals surface area (Å²) in [6, 6.07) is 7.33. The van der Waals surface area contributed by atoms with E-state index in [0.29, 0.717) is 18.7 Å². The molecule has 1 rings (SSSR count). The highest BCUT2D eigenvalue weighted by atomic mass is 16.5. The van der Waals surface area contributed by atoms with Crippen LogP contribution in [0.15, 0.2) is 24.3 Å². The quantitative estimate of drug-likeness (QED) is 0.708. The second-order valence-electron chi connectivity index (χ2n) is 5.23. The Labute approximate surface area is 121 Å². The summed E-state index contributed by atoms with van der Waals surface area (Å²) in [5, 5.41) is 2.97. The maximum Gasteiger partial charge on any atom is 0.223 e. The molecule has 0 aliphatic rings. The number of nitrogen functional groups attached to an aromatic ring is 1. The Morgan fingerprint density at radius 1 is 1.35 bits per heavy atom. The van der Waals surface area contributed by atoms with Crippen molar-refractivity contribution in [1.29, 1.82) is 0 Å². The number of carbonyl (C=O) groups excluding carboxylic acids is 1. The first-order valence-electron chi connectivity index (χ1n) is 6.90. The van der Waals surface area contributed by atoms with Gasteiger partial charge in [-0.15, -0.1) is 0 Å². The van der Waals surface area contributed by atoms with Crippen molar-refractivity contribution in [3.63, 3.8) is 0 Å². The van der Waals surface area contributed by atoms with Crippen LogP contribution in [0.25, 0.3) is 0 Å². The molecule has 5 heteroatoms. The van der Waals surface area contributed by atoms with Crippen LogP contribution in [0.5, 0.6) is 5.75 Å². The Bertz CT molecular complexity index is 404. The monoisotopic (exact) mass is 279 g/mol. The number of hydrogen-bond acceptors (Lipinski definition) is 4. The highest BCUT2D eigenvalue weighted by Gasteiger charge is 2.07. The Kier molecular flexibility index (Phi) is 6.87. The van der Waals surface area contributed by atoms with Crippen LogP contribution in [0, 0.1) is 0 Å². The molecule has 0 bridgehead atoms. The Balaban J connectivity index is 2.18. The molecule has 0 aromatic heterocycles. The van der Waals surface area contributed by atoms with Gasteiger partial charge in [0.15, 0.2) is 0 Å². The van der Waals surface area contributed by atoms with E-state index >= 15 is 0 Å². The molecule has 1 aromatic carbocycles. The number of carbonyl (C=O) groups is 1. The Morgan fingerprint density at radius 2 is 2.00 bits per heavy atom. The molecule has 112 valence electrons. The van der Waals surface area contributed by atoms with Crippen LogP contribution in [-0.4, -0.2) is 44.1 Å². The van der Waals surface area contributed by atoms with E-state index in [-0.39, 0.29) is 11.9 Å². The molecule has 0 spiro atoms. The Morgan fingerprint density at radius 3 is 2.60 bits per heavy atom. The van der Waals surface area contributed by atoms with Gasteiger partial charge in [-0.2, -0.15) is 0 Å². The van der Waals surface area contributed by atoms with Crippen LogP contribution in [-0.2, 0) is 4.79 Å². The van der Waals surface area contributed by atoms with Crippen LogP contribution >= 0.6 is 0 Å². The summed E-state index contributed by atoms with van der Waals surface area (Å²) in [6.45, 7) is 3.35. The van der Waals surface area contributed by atoms with Gasteiger partial charge in [0.1, 0.15) is 5.75 Å². The van der Waals surface area contributed by atoms with Crippen molar-refractivity contribution < 1.29 is 9.53 Å². The van der Waals surface area contributed by atoms with E-state index in [2.05, 4.69) is 10.2 Å². The van der Waals surface area contributed by atoms with Crippen LogP contribution in [0.4, 0.5) is 5.69 Å². The van der Waals surface area contributed by atoms with E-state index in [0.717, 1.165) is 18.7 Å². The number of benzene rings is 1. The zero-order valence-electron chi connectivity index (χ0n) is 12.6. The molecular formula is C15H25N3O2. The lowest BCUT2D eigenvalue weighted by atomic mass is 10.2. The lowest BCUT2D eigenvalue weighted by Crippen LogP contribution is -2.35. The van der Waals surface area contributed by atoms with Gasteiger partial charge in [0.2, 0.25) is 5.91 Å². The minimum absolute atomic E-state index is 0.0201. The van der Waals surface area contributed by atoms with Crippen molar-refractivity contribution in [1.82, 2.24) is 10.2 Å². The molecule has 0 saturated carbocycles. The first-order chi connectivity index (χ1) is 9.47. The fourth-order valence-electron chi connectivity index (χ4n) is 1.70. The zero-order chi connectivity index (χ0) is 15.0. The number of nitrogens with one attached hydrogen (secondary N) is 1. The lowest BCUT2D eigenvalue weighted by molar-refractivity contribution is -0.122. The topological polar surface area (TPSA) is 67.6 Å². The molecule has 0 radical (unpaired) electrons. The molecule has 0 heterocycles. The van der Waals surface area contributed by atoms with E-state index in [1.54, 1.807) is 24.3 Å². The number of anilines is 1. The van der Waals surface area contributed by atoms with E-state index < -0.39 is 0 Å². The summed E-state index contributed by atoms with van der Waals surface area (Å²) >= 11 is 0. The van der Waals surface area contributed by atoms with Gasteiger partial charge in [0.25, 0.3) is 0 Å². The van der Waals surface area contributed by atoms with E-state index in [1.165, 1.54) is 0 Å². The minimum atomic E-state index is 0.0201. The van der Waals surface area contributed by atoms with Gasteiger partial charge in [-0.25, -0.2) is 0 Å². The first kappa shape index (κ1) is 16.3. The van der Waals surface area contributed by atoms with Crippen LogP contribution in [0.1, 0.15) is 19.8 Å². The van der Waals surface area contributed by atoms with E-state index in [4.69, 9.17) is 10.5 Å². The molecule has 1 unspecified atom stereocenters. The fraction of sp³-hybridized carbons (Fsp3) is 0.533. The maximum atomic E-state index is 11.7. The molecule has 1 amide bonds. The second-order valence-corrected chi connectivity index (χ2v) is 5.23. The van der Waals surface area contributed by atoms with Gasteiger partial charge in [0.05, 0.1) is 13.0 Å². The average Bonchev–Trinajstić information content (AvgIpc) is 2.38. The van der Waals surface area contributed by atoms with Crippen LogP contribution in [0.3, 0.4) is 0 Å². The second kappa shape index (κ2) is 8.43. The first-order valence-corrected chi connectivity index (χ1v) is 6.90. The van der Waals surface area contributed by atoms with Gasteiger partial charge in [-0.3, -0.25) is 4.79 Å². The molecule has 0 aliphatic carbocycles. The number of rotatable bonds is 8. The van der Waals surface area contributed by atoms with E-state index in [1.807, 2.05) is 21.0 Å². The number of nitrogens with two attached hydrogens (primary N) is 1. The van der Waals surface area contributed by atoms with Crippen LogP contribution < -0.4 is 15.8 Å². The van der Waals surface area contributed by atoms with Crippen molar-refractivity contribution in [2.45, 2.75) is 25.8 Å². The summed E-state index contributed by atoms with van der Waals surface area (Å²) < 4.78 is 5.49. The van der Waals surface area contributed by atoms with Gasteiger partial charge in [-0.1, -0.05) is 0 Å². The molecule has 0 saturated heterocycles. The highest BCUT2D eigenvalue weighted by molar-refractivity contribution is 5.76. The zero-order valence-corrected chi connectivity index (χ0v) is 12.6. The highest BCUT2D eigenvalue weighted by Crippen LogP contribution is 2.13. The summed E-state index contributed by atoms with van der Waals surface area (Å²) in [6.07, 6.45) is 1.30. The number of hydrogen-bond donors (Lipinski definition) is 2. The molecule has 0 fully saturated rings. The molecule has 0 aliphatic heterocycles. The smallest absolute Gasteiger partial charge is 0.223 e. The standard InChI is InChI=1S/C15H25N3O2/c1-12(8-10-18(2)3)17-15(19)9-11-20-14-6-4-13(16)5-7-14/h4-7,12H,8-11,16H2,1-3H3,(H,17,19). The fourth-order valence-corrected chi connectivity index (χ4v) is 1.70. The largest absolute Gasteiger partial charge is 0.493 e. The number of ether oxygens (including phenoxy) is 1. The summed E-state index contributed by atoms with van der Waals surface area (Å²) in [4.78, 5) is 13.8. The molecule has 1 aromatic rings. The average molecular weight is 279 g/mol. The molecule has 5 nitrogen and oxygen atoms in total. The van der Waals surface area contributed by atoms with Gasteiger partial charge >= 0.3 is 0 Å². The maximum absolute atomic E-state index is 11.7. The third-order valence-electron chi connectivity index (χ3n) is 2.89. The molecule has 1 atom stereocenters. The normalized spacial score (nSPS) is 12.2. The number of amides is 1. The van der Waals surface area contributed by atoms with Crippen LogP contribution in [0.2, 0.25) is 0 Å². The van der Waals surface area contributed by atoms with Crippen molar-refractivity contribution in [3.8, 4) is 5.75 Å². The van der Waals surface area contributed by atoms with Gasteiger partial charge in [-0.05, 0) is 58.3 Å². The van der Waals surface area contributed by atoms with Crippen molar-refractivity contribution in [2.24, 2.45) is 0 Å². The summed E-state index contributed by atoms with van der Waals surface area (Å²) in [5.74, 6) is 0.749. The summed E-state index contributed by atoms with van der Waals surface area (Å²) in [7, 11) is 4.05. The minimum Gasteiger partial charge on any atom is -0.493 e. The van der Waals surface area contributed by atoms with E-state index in [9.17, 15) is 4.79 Å².